The van der Waals surface area contributed by atoms with Gasteiger partial charge in [-0.05, 0) is 64.5 Å². The molecule has 3 aliphatic heterocycles. The van der Waals surface area contributed by atoms with Gasteiger partial charge in [0.05, 0.1) is 6.04 Å². The van der Waals surface area contributed by atoms with Gasteiger partial charge >= 0.3 is 6.03 Å². The quantitative estimate of drug-likeness (QED) is 0.916. The van der Waals surface area contributed by atoms with Crippen molar-refractivity contribution in [2.24, 2.45) is 0 Å². The van der Waals surface area contributed by atoms with Crippen LogP contribution in [0.1, 0.15) is 37.3 Å². The Bertz CT molecular complexity index is 579. The van der Waals surface area contributed by atoms with Crippen LogP contribution in [0, 0.1) is 0 Å². The molecular weight excluding hydrogens is 312 g/mol. The number of amides is 2. The predicted octanol–water partition coefficient (Wildman–Crippen LogP) is 2.31. The Hall–Kier alpha value is -1.59. The molecule has 0 aliphatic carbocycles. The normalized spacial score (nSPS) is 27.2. The van der Waals surface area contributed by atoms with E-state index in [4.69, 9.17) is 0 Å². The molecule has 4 rings (SSSR count). The van der Waals surface area contributed by atoms with Gasteiger partial charge in [0.1, 0.15) is 0 Å². The van der Waals surface area contributed by atoms with E-state index in [0.717, 1.165) is 58.4 Å². The average molecular weight is 342 g/mol. The number of nitrogens with zero attached hydrogens (tertiary/aromatic N) is 3. The number of carbonyl (C=O) groups is 1. The van der Waals surface area contributed by atoms with Crippen molar-refractivity contribution in [3.8, 4) is 0 Å². The van der Waals surface area contributed by atoms with Gasteiger partial charge in [0, 0.05) is 18.6 Å². The number of rotatable bonds is 3. The zero-order valence-corrected chi connectivity index (χ0v) is 15.2. The fraction of sp³-hybridized carbons (Fsp3) is 0.650. The molecule has 0 spiro atoms. The Balaban J connectivity index is 1.58. The third-order valence-electron chi connectivity index (χ3n) is 6.19. The molecule has 0 aromatic heterocycles. The van der Waals surface area contributed by atoms with Gasteiger partial charge in [0.2, 0.25) is 0 Å². The second kappa shape index (κ2) is 7.34. The zero-order valence-electron chi connectivity index (χ0n) is 15.2. The maximum atomic E-state index is 13.4. The van der Waals surface area contributed by atoms with Gasteiger partial charge in [-0.25, -0.2) is 4.79 Å². The molecule has 3 heterocycles. The summed E-state index contributed by atoms with van der Waals surface area (Å²) in [5.74, 6) is 0. The molecule has 1 aromatic carbocycles. The van der Waals surface area contributed by atoms with Crippen LogP contribution in [0.3, 0.4) is 0 Å². The SMILES string of the molecule is CN1CCC(N2C[C@@H](c3ccccc3)N(C3CCNCC3)C2=O)CC1. The van der Waals surface area contributed by atoms with E-state index in [1.807, 2.05) is 0 Å². The summed E-state index contributed by atoms with van der Waals surface area (Å²) < 4.78 is 0. The van der Waals surface area contributed by atoms with Crippen LogP contribution in [-0.2, 0) is 0 Å². The summed E-state index contributed by atoms with van der Waals surface area (Å²) in [5, 5.41) is 3.43. The first-order chi connectivity index (χ1) is 12.2. The molecule has 0 radical (unpaired) electrons. The highest BCUT2D eigenvalue weighted by Gasteiger charge is 2.44. The highest BCUT2D eigenvalue weighted by Crippen LogP contribution is 2.36. The van der Waals surface area contributed by atoms with Crippen LogP contribution in [0.5, 0.6) is 0 Å². The van der Waals surface area contributed by atoms with Gasteiger partial charge in [-0.2, -0.15) is 0 Å². The van der Waals surface area contributed by atoms with Crippen molar-refractivity contribution in [1.29, 1.82) is 0 Å². The standard InChI is InChI=1S/C20H30N4O/c1-22-13-9-17(10-14-22)23-15-19(16-5-3-2-4-6-16)24(20(23)25)18-7-11-21-12-8-18/h2-6,17-19,21H,7-15H2,1H3/t19-/m0/s1. The molecule has 3 saturated heterocycles. The number of nitrogens with one attached hydrogen (secondary N) is 1. The molecule has 0 unspecified atom stereocenters. The van der Waals surface area contributed by atoms with E-state index in [1.165, 1.54) is 5.56 Å². The van der Waals surface area contributed by atoms with Gasteiger partial charge in [-0.1, -0.05) is 30.3 Å². The lowest BCUT2D eigenvalue weighted by Gasteiger charge is -2.37. The summed E-state index contributed by atoms with van der Waals surface area (Å²) in [4.78, 5) is 20.2. The summed E-state index contributed by atoms with van der Waals surface area (Å²) >= 11 is 0. The summed E-state index contributed by atoms with van der Waals surface area (Å²) in [5.41, 5.74) is 1.28. The summed E-state index contributed by atoms with van der Waals surface area (Å²) in [6.45, 7) is 5.07. The Morgan fingerprint density at radius 1 is 0.960 bits per heavy atom. The number of benzene rings is 1. The lowest BCUT2D eigenvalue weighted by atomic mass is 10.00. The Morgan fingerprint density at radius 2 is 1.64 bits per heavy atom. The van der Waals surface area contributed by atoms with E-state index in [2.05, 4.69) is 57.4 Å². The minimum atomic E-state index is 0.205. The lowest BCUT2D eigenvalue weighted by molar-refractivity contribution is 0.128. The van der Waals surface area contributed by atoms with Crippen molar-refractivity contribution in [2.45, 2.75) is 43.8 Å². The third-order valence-corrected chi connectivity index (χ3v) is 6.19. The number of urea groups is 1. The first-order valence-corrected chi connectivity index (χ1v) is 9.77. The van der Waals surface area contributed by atoms with Crippen LogP contribution in [0.15, 0.2) is 30.3 Å². The number of hydrogen-bond acceptors (Lipinski definition) is 3. The van der Waals surface area contributed by atoms with Crippen LogP contribution in [0.2, 0.25) is 0 Å². The monoisotopic (exact) mass is 342 g/mol. The molecular formula is C20H30N4O. The number of carbonyl (C=O) groups excluding carboxylic acids is 1. The molecule has 5 nitrogen and oxygen atoms in total. The van der Waals surface area contributed by atoms with Gasteiger partial charge in [-0.15, -0.1) is 0 Å². The fourth-order valence-electron chi connectivity index (χ4n) is 4.68. The van der Waals surface area contributed by atoms with Crippen LogP contribution in [0.4, 0.5) is 4.79 Å². The molecule has 1 atom stereocenters. The van der Waals surface area contributed by atoms with E-state index in [9.17, 15) is 4.79 Å². The van der Waals surface area contributed by atoms with Crippen LogP contribution in [-0.4, -0.2) is 72.6 Å². The van der Waals surface area contributed by atoms with E-state index in [1.54, 1.807) is 0 Å². The summed E-state index contributed by atoms with van der Waals surface area (Å²) in [6, 6.07) is 11.9. The van der Waals surface area contributed by atoms with Crippen molar-refractivity contribution in [1.82, 2.24) is 20.0 Å². The van der Waals surface area contributed by atoms with Gasteiger partial charge in [-0.3, -0.25) is 0 Å². The van der Waals surface area contributed by atoms with Crippen LogP contribution >= 0.6 is 0 Å². The second-order valence-electron chi connectivity index (χ2n) is 7.78. The van der Waals surface area contributed by atoms with Crippen molar-refractivity contribution in [2.75, 3.05) is 39.8 Å². The zero-order chi connectivity index (χ0) is 17.2. The minimum Gasteiger partial charge on any atom is -0.319 e. The van der Waals surface area contributed by atoms with Gasteiger partial charge in [0.15, 0.2) is 0 Å². The molecule has 3 fully saturated rings. The highest BCUT2D eigenvalue weighted by atomic mass is 16.2. The van der Waals surface area contributed by atoms with Crippen LogP contribution < -0.4 is 5.32 Å². The summed E-state index contributed by atoms with van der Waals surface area (Å²) in [6.07, 6.45) is 4.33. The van der Waals surface area contributed by atoms with E-state index < -0.39 is 0 Å². The number of piperidine rings is 2. The molecule has 5 heteroatoms. The largest absolute Gasteiger partial charge is 0.321 e. The van der Waals surface area contributed by atoms with Crippen molar-refractivity contribution >= 4 is 6.03 Å². The molecule has 1 aromatic rings. The fourth-order valence-corrected chi connectivity index (χ4v) is 4.68. The molecule has 0 bridgehead atoms. The molecule has 0 saturated carbocycles. The van der Waals surface area contributed by atoms with Crippen molar-refractivity contribution < 1.29 is 4.79 Å². The molecule has 25 heavy (non-hydrogen) atoms. The first kappa shape index (κ1) is 16.9. The highest BCUT2D eigenvalue weighted by molar-refractivity contribution is 5.78. The minimum absolute atomic E-state index is 0.205. The Kier molecular flexibility index (Phi) is 4.95. The second-order valence-corrected chi connectivity index (χ2v) is 7.78. The van der Waals surface area contributed by atoms with Crippen molar-refractivity contribution in [3.05, 3.63) is 35.9 Å². The first-order valence-electron chi connectivity index (χ1n) is 9.77. The van der Waals surface area contributed by atoms with Crippen LogP contribution in [0.25, 0.3) is 0 Å². The van der Waals surface area contributed by atoms with Gasteiger partial charge < -0.3 is 20.0 Å². The van der Waals surface area contributed by atoms with E-state index in [0.29, 0.717) is 12.1 Å². The molecule has 2 amide bonds. The number of hydrogen-bond donors (Lipinski definition) is 1. The molecule has 3 aliphatic rings. The topological polar surface area (TPSA) is 38.8 Å². The van der Waals surface area contributed by atoms with Crippen molar-refractivity contribution in [3.63, 3.8) is 0 Å². The van der Waals surface area contributed by atoms with E-state index >= 15 is 0 Å². The maximum Gasteiger partial charge on any atom is 0.321 e. The molecule has 1 N–H and O–H groups in total. The number of likely N-dealkylation sites (tertiary alicyclic amines) is 1. The predicted molar refractivity (Wildman–Crippen MR) is 99.5 cm³/mol. The average Bonchev–Trinajstić information content (AvgIpc) is 3.01. The molecule has 136 valence electrons. The lowest BCUT2D eigenvalue weighted by Crippen LogP contribution is -2.49. The smallest absolute Gasteiger partial charge is 0.319 e. The maximum absolute atomic E-state index is 13.4. The Labute approximate surface area is 151 Å². The van der Waals surface area contributed by atoms with E-state index in [-0.39, 0.29) is 12.1 Å². The Morgan fingerprint density at radius 3 is 2.32 bits per heavy atom. The third kappa shape index (κ3) is 3.40. The summed E-state index contributed by atoms with van der Waals surface area (Å²) in [7, 11) is 2.18. The van der Waals surface area contributed by atoms with Gasteiger partial charge in [0.25, 0.3) is 0 Å².